The van der Waals surface area contributed by atoms with Gasteiger partial charge in [-0.25, -0.2) is 4.68 Å². The number of benzene rings is 1. The smallest absolute Gasteiger partial charge is 0.274 e. The van der Waals surface area contributed by atoms with Crippen LogP contribution in [0.4, 0.5) is 0 Å². The van der Waals surface area contributed by atoms with Crippen molar-refractivity contribution in [3.8, 4) is 0 Å². The highest BCUT2D eigenvalue weighted by Gasteiger charge is 2.31. The second-order valence-corrected chi connectivity index (χ2v) is 6.81. The third-order valence-corrected chi connectivity index (χ3v) is 4.67. The summed E-state index contributed by atoms with van der Waals surface area (Å²) >= 11 is 0. The second kappa shape index (κ2) is 7.01. The molecule has 2 atom stereocenters. The summed E-state index contributed by atoms with van der Waals surface area (Å²) in [7, 11) is 1.66. The summed E-state index contributed by atoms with van der Waals surface area (Å²) in [6.45, 7) is 3.82. The summed E-state index contributed by atoms with van der Waals surface area (Å²) in [6, 6.07) is 7.48. The lowest BCUT2D eigenvalue weighted by Crippen LogP contribution is -2.35. The number of rotatable bonds is 6. The van der Waals surface area contributed by atoms with Crippen molar-refractivity contribution in [2.24, 2.45) is 7.05 Å². The molecular formula is C18H25N3O3. The molecule has 0 saturated carbocycles. The Bertz CT molecular complexity index is 766. The number of aliphatic hydroxyl groups excluding tert-OH is 1. The van der Waals surface area contributed by atoms with Crippen LogP contribution >= 0.6 is 0 Å². The van der Waals surface area contributed by atoms with Gasteiger partial charge in [0.1, 0.15) is 0 Å². The molecule has 1 aliphatic heterocycles. The van der Waals surface area contributed by atoms with Crippen LogP contribution in [0.25, 0.3) is 10.8 Å². The highest BCUT2D eigenvalue weighted by molar-refractivity contribution is 5.83. The number of aryl methyl sites for hydroxylation is 1. The van der Waals surface area contributed by atoms with Gasteiger partial charge in [-0.3, -0.25) is 4.79 Å². The summed E-state index contributed by atoms with van der Waals surface area (Å²) < 4.78 is 7.09. The van der Waals surface area contributed by atoms with Crippen LogP contribution in [0.15, 0.2) is 29.1 Å². The van der Waals surface area contributed by atoms with Gasteiger partial charge in [-0.1, -0.05) is 18.2 Å². The standard InChI is InChI=1S/C18H25N3O3/c1-18(8-5-9-24-18)10-13(22)11-19-12-16-14-6-3-4-7-15(14)17(23)21(2)20-16/h3-4,6-7,13,19,22H,5,8-12H2,1-2H3. The van der Waals surface area contributed by atoms with E-state index in [0.29, 0.717) is 24.9 Å². The molecule has 2 heterocycles. The van der Waals surface area contributed by atoms with Crippen LogP contribution in [0.1, 0.15) is 31.9 Å². The molecule has 2 aromatic rings. The molecule has 0 spiro atoms. The Morgan fingerprint density at radius 1 is 1.42 bits per heavy atom. The fraction of sp³-hybridized carbons (Fsp3) is 0.556. The predicted molar refractivity (Wildman–Crippen MR) is 92.9 cm³/mol. The van der Waals surface area contributed by atoms with E-state index in [1.54, 1.807) is 7.05 Å². The maximum Gasteiger partial charge on any atom is 0.274 e. The number of fused-ring (bicyclic) bond motifs is 1. The highest BCUT2D eigenvalue weighted by Crippen LogP contribution is 2.29. The summed E-state index contributed by atoms with van der Waals surface area (Å²) in [5, 5.41) is 19.4. The predicted octanol–water partition coefficient (Wildman–Crippen LogP) is 1.34. The Morgan fingerprint density at radius 3 is 2.88 bits per heavy atom. The number of hydrogen-bond acceptors (Lipinski definition) is 5. The molecule has 1 aromatic heterocycles. The van der Waals surface area contributed by atoms with E-state index in [4.69, 9.17) is 4.74 Å². The van der Waals surface area contributed by atoms with Crippen LogP contribution < -0.4 is 10.9 Å². The Hall–Kier alpha value is -1.76. The lowest BCUT2D eigenvalue weighted by Gasteiger charge is -2.26. The molecule has 0 amide bonds. The third-order valence-electron chi connectivity index (χ3n) is 4.67. The first kappa shape index (κ1) is 17.1. The molecule has 1 saturated heterocycles. The van der Waals surface area contributed by atoms with Crippen LogP contribution in [0.2, 0.25) is 0 Å². The minimum absolute atomic E-state index is 0.0966. The van der Waals surface area contributed by atoms with Gasteiger partial charge >= 0.3 is 0 Å². The molecule has 24 heavy (non-hydrogen) atoms. The van der Waals surface area contributed by atoms with Gasteiger partial charge in [0, 0.05) is 38.6 Å². The minimum atomic E-state index is -0.466. The lowest BCUT2D eigenvalue weighted by atomic mass is 9.95. The van der Waals surface area contributed by atoms with Crippen LogP contribution in [-0.2, 0) is 18.3 Å². The monoisotopic (exact) mass is 331 g/mol. The van der Waals surface area contributed by atoms with E-state index in [-0.39, 0.29) is 11.2 Å². The van der Waals surface area contributed by atoms with Gasteiger partial charge < -0.3 is 15.2 Å². The van der Waals surface area contributed by atoms with Crippen molar-refractivity contribution >= 4 is 10.8 Å². The van der Waals surface area contributed by atoms with Gasteiger partial charge in [-0.05, 0) is 25.8 Å². The number of nitrogens with zero attached hydrogens (tertiary/aromatic N) is 2. The Balaban J connectivity index is 1.64. The van der Waals surface area contributed by atoms with E-state index in [1.165, 1.54) is 4.68 Å². The number of ether oxygens (including phenoxy) is 1. The average Bonchev–Trinajstić information content (AvgIpc) is 2.98. The van der Waals surface area contributed by atoms with E-state index < -0.39 is 6.10 Å². The van der Waals surface area contributed by atoms with Crippen molar-refractivity contribution < 1.29 is 9.84 Å². The molecule has 2 unspecified atom stereocenters. The zero-order chi connectivity index (χ0) is 17.2. The van der Waals surface area contributed by atoms with E-state index in [0.717, 1.165) is 30.5 Å². The summed E-state index contributed by atoms with van der Waals surface area (Å²) in [4.78, 5) is 12.1. The summed E-state index contributed by atoms with van der Waals surface area (Å²) in [5.74, 6) is 0. The topological polar surface area (TPSA) is 76.4 Å². The van der Waals surface area contributed by atoms with Gasteiger partial charge in [-0.15, -0.1) is 0 Å². The number of nitrogens with one attached hydrogen (secondary N) is 1. The van der Waals surface area contributed by atoms with Crippen molar-refractivity contribution in [1.29, 1.82) is 0 Å². The van der Waals surface area contributed by atoms with E-state index >= 15 is 0 Å². The molecule has 0 bridgehead atoms. The zero-order valence-electron chi connectivity index (χ0n) is 14.3. The molecule has 130 valence electrons. The fourth-order valence-electron chi connectivity index (χ4n) is 3.43. The normalized spacial score (nSPS) is 22.1. The molecular weight excluding hydrogens is 306 g/mol. The van der Waals surface area contributed by atoms with Crippen LogP contribution in [0, 0.1) is 0 Å². The highest BCUT2D eigenvalue weighted by atomic mass is 16.5. The lowest BCUT2D eigenvalue weighted by molar-refractivity contribution is -0.0200. The van der Waals surface area contributed by atoms with Crippen molar-refractivity contribution in [3.63, 3.8) is 0 Å². The molecule has 1 fully saturated rings. The first-order chi connectivity index (χ1) is 11.5. The first-order valence-corrected chi connectivity index (χ1v) is 8.46. The molecule has 2 N–H and O–H groups in total. The maximum atomic E-state index is 12.1. The van der Waals surface area contributed by atoms with Crippen LogP contribution in [0.5, 0.6) is 0 Å². The summed E-state index contributed by atoms with van der Waals surface area (Å²) in [5.41, 5.74) is 0.506. The molecule has 1 aliphatic rings. The Kier molecular flexibility index (Phi) is 4.99. The summed E-state index contributed by atoms with van der Waals surface area (Å²) in [6.07, 6.45) is 2.22. The Morgan fingerprint density at radius 2 is 2.17 bits per heavy atom. The largest absolute Gasteiger partial charge is 0.392 e. The van der Waals surface area contributed by atoms with Crippen molar-refractivity contribution in [2.75, 3.05) is 13.2 Å². The number of hydrogen-bond donors (Lipinski definition) is 2. The van der Waals surface area contributed by atoms with E-state index in [1.807, 2.05) is 24.3 Å². The van der Waals surface area contributed by atoms with E-state index in [2.05, 4.69) is 17.3 Å². The van der Waals surface area contributed by atoms with Gasteiger partial charge in [0.15, 0.2) is 0 Å². The Labute approximate surface area is 141 Å². The van der Waals surface area contributed by atoms with Gasteiger partial charge in [0.2, 0.25) is 0 Å². The van der Waals surface area contributed by atoms with Gasteiger partial charge in [0.25, 0.3) is 5.56 Å². The van der Waals surface area contributed by atoms with Gasteiger partial charge in [-0.2, -0.15) is 5.10 Å². The minimum Gasteiger partial charge on any atom is -0.392 e. The SMILES string of the molecule is Cn1nc(CNCC(O)CC2(C)CCCO2)c2ccccc2c1=O. The van der Waals surface area contributed by atoms with Crippen molar-refractivity contribution in [2.45, 2.75) is 44.4 Å². The van der Waals surface area contributed by atoms with Crippen molar-refractivity contribution in [3.05, 3.63) is 40.3 Å². The maximum absolute atomic E-state index is 12.1. The molecule has 0 radical (unpaired) electrons. The molecule has 3 rings (SSSR count). The molecule has 6 nitrogen and oxygen atoms in total. The average molecular weight is 331 g/mol. The third kappa shape index (κ3) is 3.66. The second-order valence-electron chi connectivity index (χ2n) is 6.81. The molecule has 0 aliphatic carbocycles. The van der Waals surface area contributed by atoms with Crippen LogP contribution in [-0.4, -0.2) is 39.7 Å². The number of aliphatic hydroxyl groups is 1. The van der Waals surface area contributed by atoms with Crippen molar-refractivity contribution in [1.82, 2.24) is 15.1 Å². The molecule has 1 aromatic carbocycles. The molecule has 6 heteroatoms. The van der Waals surface area contributed by atoms with Gasteiger partial charge in [0.05, 0.1) is 22.8 Å². The zero-order valence-corrected chi connectivity index (χ0v) is 14.3. The first-order valence-electron chi connectivity index (χ1n) is 8.46. The van der Waals surface area contributed by atoms with E-state index in [9.17, 15) is 9.90 Å². The fourth-order valence-corrected chi connectivity index (χ4v) is 3.43. The van der Waals surface area contributed by atoms with Crippen LogP contribution in [0.3, 0.4) is 0 Å². The number of aromatic nitrogens is 2. The quantitative estimate of drug-likeness (QED) is 0.835.